The number of hydrogen-bond acceptors (Lipinski definition) is 7. The van der Waals surface area contributed by atoms with Crippen molar-refractivity contribution in [2.45, 2.75) is 43.1 Å². The Morgan fingerprint density at radius 1 is 1.02 bits per heavy atom. The predicted octanol–water partition coefficient (Wildman–Crippen LogP) is 8.00. The van der Waals surface area contributed by atoms with Crippen molar-refractivity contribution in [3.05, 3.63) is 94.2 Å². The molecule has 1 saturated heterocycles. The number of aliphatic carboxylic acids is 1. The van der Waals surface area contributed by atoms with Crippen LogP contribution in [0.5, 0.6) is 5.75 Å². The molecule has 5 rings (SSSR count). The van der Waals surface area contributed by atoms with Gasteiger partial charge in [0.05, 0.1) is 11.3 Å². The van der Waals surface area contributed by atoms with Gasteiger partial charge < -0.3 is 14.7 Å². The number of carboxylic acid groups (broad SMARTS) is 1. The number of thioether (sulfide) groups is 1. The number of aryl methyl sites for hydroxylation is 1. The lowest BCUT2D eigenvalue weighted by Crippen LogP contribution is -2.46. The van der Waals surface area contributed by atoms with Gasteiger partial charge in [0, 0.05) is 59.5 Å². The lowest BCUT2D eigenvalue weighted by Gasteiger charge is -2.36. The second kappa shape index (κ2) is 14.7. The molecule has 0 spiro atoms. The van der Waals surface area contributed by atoms with Crippen LogP contribution in [0.15, 0.2) is 71.6 Å². The van der Waals surface area contributed by atoms with Gasteiger partial charge in [0.25, 0.3) is 0 Å². The second-order valence-corrected chi connectivity index (χ2v) is 12.8. The fraction of sp³-hybridized carbons (Fsp3) is 0.333. The van der Waals surface area contributed by atoms with Crippen molar-refractivity contribution in [1.29, 1.82) is 0 Å². The molecule has 0 bridgehead atoms. The Morgan fingerprint density at radius 3 is 2.38 bits per heavy atom. The highest BCUT2D eigenvalue weighted by Crippen LogP contribution is 2.37. The fourth-order valence-corrected chi connectivity index (χ4v) is 7.25. The number of rotatable bonds is 12. The van der Waals surface area contributed by atoms with Crippen LogP contribution < -0.4 is 9.64 Å². The molecule has 0 aliphatic carbocycles. The molecule has 45 heavy (non-hydrogen) atoms. The van der Waals surface area contributed by atoms with E-state index in [4.69, 9.17) is 14.8 Å². The van der Waals surface area contributed by atoms with Gasteiger partial charge in [0.1, 0.15) is 16.6 Å². The van der Waals surface area contributed by atoms with E-state index >= 15 is 0 Å². The molecule has 1 aliphatic heterocycles. The highest BCUT2D eigenvalue weighted by atomic mass is 32.2. The molecule has 1 N–H and O–H groups in total. The minimum Gasteiger partial charge on any atom is -0.482 e. The van der Waals surface area contributed by atoms with Gasteiger partial charge in [0.2, 0.25) is 0 Å². The van der Waals surface area contributed by atoms with Gasteiger partial charge in [-0.3, -0.25) is 4.90 Å². The van der Waals surface area contributed by atoms with Gasteiger partial charge in [-0.2, -0.15) is 13.2 Å². The van der Waals surface area contributed by atoms with Gasteiger partial charge in [-0.1, -0.05) is 25.5 Å². The van der Waals surface area contributed by atoms with Crippen molar-refractivity contribution in [1.82, 2.24) is 9.88 Å². The summed E-state index contributed by atoms with van der Waals surface area (Å²) in [5.74, 6) is -0.121. The predicted molar refractivity (Wildman–Crippen MR) is 170 cm³/mol. The first-order valence-corrected chi connectivity index (χ1v) is 16.4. The maximum Gasteiger partial charge on any atom is 0.416 e. The van der Waals surface area contributed by atoms with Crippen molar-refractivity contribution in [3.8, 4) is 16.3 Å². The molecule has 238 valence electrons. The number of thiazole rings is 1. The number of ether oxygens (including phenoxy) is 1. The summed E-state index contributed by atoms with van der Waals surface area (Å²) in [6.07, 6.45) is -2.78. The fourth-order valence-electron chi connectivity index (χ4n) is 5.11. The molecule has 0 atom stereocenters. The molecule has 2 heterocycles. The first kappa shape index (κ1) is 32.8. The second-order valence-electron chi connectivity index (χ2n) is 10.7. The molecule has 0 unspecified atom stereocenters. The topological polar surface area (TPSA) is 65.9 Å². The van der Waals surface area contributed by atoms with E-state index in [0.29, 0.717) is 28.6 Å². The molecular formula is C33H33F4N3O3S2. The number of halogens is 4. The largest absolute Gasteiger partial charge is 0.482 e. The number of piperazine rings is 1. The average Bonchev–Trinajstić information content (AvgIpc) is 3.42. The minimum atomic E-state index is -4.41. The van der Waals surface area contributed by atoms with Crippen molar-refractivity contribution in [3.63, 3.8) is 0 Å². The molecule has 6 nitrogen and oxygen atoms in total. The van der Waals surface area contributed by atoms with E-state index < -0.39 is 24.3 Å². The first-order valence-electron chi connectivity index (χ1n) is 14.6. The summed E-state index contributed by atoms with van der Waals surface area (Å²) >= 11 is 3.11. The number of hydrogen-bond donors (Lipinski definition) is 1. The Kier molecular flexibility index (Phi) is 10.7. The molecule has 0 radical (unpaired) electrons. The quantitative estimate of drug-likeness (QED) is 0.122. The maximum absolute atomic E-state index is 13.4. The van der Waals surface area contributed by atoms with Crippen molar-refractivity contribution >= 4 is 34.8 Å². The normalized spacial score (nSPS) is 14.1. The zero-order valence-electron chi connectivity index (χ0n) is 24.6. The van der Waals surface area contributed by atoms with Crippen LogP contribution in [0, 0.1) is 5.82 Å². The van der Waals surface area contributed by atoms with Gasteiger partial charge in [-0.05, 0) is 66.6 Å². The Hall–Kier alpha value is -3.61. The summed E-state index contributed by atoms with van der Waals surface area (Å²) in [6.45, 7) is 5.38. The third-order valence-electron chi connectivity index (χ3n) is 7.45. The van der Waals surface area contributed by atoms with Crippen LogP contribution in [-0.4, -0.2) is 53.7 Å². The molecule has 3 aromatic carbocycles. The highest BCUT2D eigenvalue weighted by molar-refractivity contribution is 7.98. The van der Waals surface area contributed by atoms with Crippen LogP contribution in [-0.2, 0) is 29.7 Å². The Morgan fingerprint density at radius 2 is 1.73 bits per heavy atom. The van der Waals surface area contributed by atoms with E-state index in [-0.39, 0.29) is 5.82 Å². The minimum absolute atomic E-state index is 0.265. The number of benzene rings is 3. The standard InChI is InChI=1S/C33H33F4N3O3S2/c1-2-3-23-18-27(12-13-29(23)43-20-31(41)42)44-21-30-28(38-32(45-30)22-4-6-24(7-5-22)33(35,36)37)19-39-14-16-40(17-15-39)26-10-8-25(34)9-11-26/h4-13,18H,2-3,14-17,19-21H2,1H3,(H,41,42). The Bertz CT molecular complexity index is 1590. The number of alkyl halides is 3. The lowest BCUT2D eigenvalue weighted by atomic mass is 10.1. The van der Waals surface area contributed by atoms with E-state index in [1.54, 1.807) is 30.0 Å². The van der Waals surface area contributed by atoms with Crippen LogP contribution in [0.3, 0.4) is 0 Å². The number of carbonyl (C=O) groups is 1. The molecule has 0 amide bonds. The maximum atomic E-state index is 13.4. The van der Waals surface area contributed by atoms with Crippen molar-refractivity contribution in [2.75, 3.05) is 37.7 Å². The van der Waals surface area contributed by atoms with Crippen LogP contribution in [0.1, 0.15) is 35.0 Å². The molecule has 1 aliphatic rings. The number of aromatic nitrogens is 1. The molecule has 12 heteroatoms. The SMILES string of the molecule is CCCc1cc(SCc2sc(-c3ccc(C(F)(F)F)cc3)nc2CN2CCN(c3ccc(F)cc3)CC2)ccc1OCC(=O)O. The van der Waals surface area contributed by atoms with Crippen LogP contribution >= 0.6 is 23.1 Å². The number of nitrogens with zero attached hydrogens (tertiary/aromatic N) is 3. The molecule has 1 aromatic heterocycles. The number of carboxylic acids is 1. The zero-order valence-corrected chi connectivity index (χ0v) is 26.3. The molecule has 1 fully saturated rings. The van der Waals surface area contributed by atoms with E-state index in [1.165, 1.54) is 35.6 Å². The van der Waals surface area contributed by atoms with Gasteiger partial charge in [-0.15, -0.1) is 23.1 Å². The van der Waals surface area contributed by atoms with E-state index in [2.05, 4.69) is 9.80 Å². The van der Waals surface area contributed by atoms with Crippen molar-refractivity contribution in [2.24, 2.45) is 0 Å². The Balaban J connectivity index is 1.33. The smallest absolute Gasteiger partial charge is 0.416 e. The van der Waals surface area contributed by atoms with Gasteiger partial charge >= 0.3 is 12.1 Å². The Labute approximate surface area is 267 Å². The van der Waals surface area contributed by atoms with Crippen LogP contribution in [0.2, 0.25) is 0 Å². The number of anilines is 1. The summed E-state index contributed by atoms with van der Waals surface area (Å²) in [4.78, 5) is 22.5. The zero-order chi connectivity index (χ0) is 32.0. The summed E-state index contributed by atoms with van der Waals surface area (Å²) in [6, 6.07) is 17.3. The van der Waals surface area contributed by atoms with E-state index in [0.717, 1.165) is 77.9 Å². The van der Waals surface area contributed by atoms with E-state index in [9.17, 15) is 22.4 Å². The van der Waals surface area contributed by atoms with Gasteiger partial charge in [-0.25, -0.2) is 14.2 Å². The summed E-state index contributed by atoms with van der Waals surface area (Å²) in [5.41, 5.74) is 2.76. The lowest BCUT2D eigenvalue weighted by molar-refractivity contribution is -0.139. The molecule has 0 saturated carbocycles. The van der Waals surface area contributed by atoms with Crippen LogP contribution in [0.4, 0.5) is 23.2 Å². The summed E-state index contributed by atoms with van der Waals surface area (Å²) < 4.78 is 58.4. The first-order chi connectivity index (χ1) is 21.6. The van der Waals surface area contributed by atoms with Gasteiger partial charge in [0.15, 0.2) is 6.61 Å². The summed E-state index contributed by atoms with van der Waals surface area (Å²) in [5, 5.41) is 9.68. The van der Waals surface area contributed by atoms with Crippen molar-refractivity contribution < 1.29 is 32.2 Å². The molecule has 4 aromatic rings. The van der Waals surface area contributed by atoms with E-state index in [1.807, 2.05) is 19.1 Å². The van der Waals surface area contributed by atoms with Crippen LogP contribution in [0.25, 0.3) is 10.6 Å². The highest BCUT2D eigenvalue weighted by Gasteiger charge is 2.30. The summed E-state index contributed by atoms with van der Waals surface area (Å²) in [7, 11) is 0. The molecular weight excluding hydrogens is 627 g/mol. The third kappa shape index (κ3) is 8.77. The third-order valence-corrected chi connectivity index (χ3v) is 9.80. The monoisotopic (exact) mass is 659 g/mol. The average molecular weight is 660 g/mol.